The summed E-state index contributed by atoms with van der Waals surface area (Å²) in [7, 11) is 0. The van der Waals surface area contributed by atoms with E-state index in [-0.39, 0.29) is 0 Å². The molecule has 100 valence electrons. The number of hydrogen-bond donors (Lipinski definition) is 4. The Morgan fingerprint density at radius 2 is 0.375 bits per heavy atom. The van der Waals surface area contributed by atoms with E-state index in [0.29, 0.717) is 0 Å². The molecule has 8 N–H and O–H groups in total. The van der Waals surface area contributed by atoms with Crippen molar-refractivity contribution in [2.45, 2.75) is 37.4 Å². The predicted octanol–water partition coefficient (Wildman–Crippen LogP) is 2.30. The van der Waals surface area contributed by atoms with E-state index in [1.165, 1.54) is 0 Å². The predicted molar refractivity (Wildman–Crippen MR) is 63.7 cm³/mol. The van der Waals surface area contributed by atoms with E-state index in [0.717, 1.165) is 0 Å². The number of nitrogens with two attached hydrogens (primary N) is 4. The Bertz CT molecular complexity index is 67.0. The zero-order chi connectivity index (χ0) is 14.3. The second-order valence-corrected chi connectivity index (χ2v) is 35.3. The third-order valence-corrected chi connectivity index (χ3v) is 0. The average molecular weight is 898 g/mol. The molecule has 16 heavy (non-hydrogen) atoms. The molecule has 0 aliphatic rings. The van der Waals surface area contributed by atoms with Crippen LogP contribution >= 0.6 is 0 Å². The van der Waals surface area contributed by atoms with Gasteiger partial charge in [-0.25, -0.2) is 0 Å². The van der Waals surface area contributed by atoms with E-state index in [2.05, 4.69) is 37.4 Å². The van der Waals surface area contributed by atoms with Crippen LogP contribution in [0.2, 0.25) is 37.4 Å². The Kier molecular flexibility index (Phi) is 40.4. The SMILES string of the molecule is [CH3][Hf]([CH3])[NH2].[CH3][Hf]([CH3])[NH2].[CH3][Hf]([CH3])[NH2].[CH3][Hf]([CH3])[NH2]. The van der Waals surface area contributed by atoms with Crippen LogP contribution < -0.4 is 14.9 Å². The fourth-order valence-corrected chi connectivity index (χ4v) is 0. The van der Waals surface area contributed by atoms with Gasteiger partial charge in [-0.15, -0.1) is 0 Å². The molecule has 0 aromatic heterocycles. The van der Waals surface area contributed by atoms with Crippen molar-refractivity contribution < 1.29 is 86.9 Å². The monoisotopic (exact) mass is 904 g/mol. The molecule has 0 radical (unpaired) electrons. The zero-order valence-electron chi connectivity index (χ0n) is 12.3. The van der Waals surface area contributed by atoms with Gasteiger partial charge in [-0.05, 0) is 0 Å². The molecule has 8 heteroatoms. The van der Waals surface area contributed by atoms with Gasteiger partial charge in [0, 0.05) is 0 Å². The van der Waals surface area contributed by atoms with Crippen molar-refractivity contribution in [3.8, 4) is 0 Å². The van der Waals surface area contributed by atoms with Crippen molar-refractivity contribution in [1.29, 1.82) is 0 Å². The fourth-order valence-electron chi connectivity index (χ4n) is 0. The van der Waals surface area contributed by atoms with Gasteiger partial charge in [0.2, 0.25) is 0 Å². The Labute approximate surface area is 136 Å². The summed E-state index contributed by atoms with van der Waals surface area (Å²) in [5, 5.41) is 0. The molecule has 0 saturated heterocycles. The summed E-state index contributed by atoms with van der Waals surface area (Å²) in [4.78, 5) is 0. The molecule has 0 bridgehead atoms. The molecule has 0 atom stereocenters. The van der Waals surface area contributed by atoms with Crippen molar-refractivity contribution in [3.05, 3.63) is 0 Å². The van der Waals surface area contributed by atoms with E-state index in [9.17, 15) is 0 Å². The topological polar surface area (TPSA) is 104 Å². The third-order valence-electron chi connectivity index (χ3n) is 0. The minimum absolute atomic E-state index is 1.16. The van der Waals surface area contributed by atoms with Crippen LogP contribution in [0.1, 0.15) is 0 Å². The zero-order valence-corrected chi connectivity index (χ0v) is 26.7. The van der Waals surface area contributed by atoms with Gasteiger partial charge >= 0.3 is 139 Å². The van der Waals surface area contributed by atoms with Crippen LogP contribution in [0.4, 0.5) is 0 Å². The van der Waals surface area contributed by atoms with Crippen LogP contribution in [-0.4, -0.2) is 0 Å². The summed E-state index contributed by atoms with van der Waals surface area (Å²) >= 11 is -4.63. The number of hydrogen-bond acceptors (Lipinski definition) is 4. The summed E-state index contributed by atoms with van der Waals surface area (Å²) in [5.74, 6) is 0. The first-order valence-corrected chi connectivity index (χ1v) is 42.2. The van der Waals surface area contributed by atoms with Gasteiger partial charge in [0.25, 0.3) is 0 Å². The molecule has 0 aliphatic carbocycles. The Morgan fingerprint density at radius 1 is 0.375 bits per heavy atom. The van der Waals surface area contributed by atoms with E-state index >= 15 is 0 Å². The van der Waals surface area contributed by atoms with Crippen LogP contribution in [0.5, 0.6) is 0 Å². The normalized spacial score (nSPS) is 6.75. The van der Waals surface area contributed by atoms with Crippen LogP contribution in [0, 0.1) is 0 Å². The summed E-state index contributed by atoms with van der Waals surface area (Å²) < 4.78 is 38.6. The molecule has 0 aliphatic heterocycles. The van der Waals surface area contributed by atoms with Crippen molar-refractivity contribution in [2.24, 2.45) is 14.9 Å². The van der Waals surface area contributed by atoms with Gasteiger partial charge in [0.15, 0.2) is 0 Å². The third kappa shape index (κ3) is 418. The molecule has 0 unspecified atom stereocenters. The summed E-state index contributed by atoms with van der Waals surface area (Å²) in [5.41, 5.74) is 0. The van der Waals surface area contributed by atoms with Gasteiger partial charge in [-0.3, -0.25) is 0 Å². The first kappa shape index (κ1) is 27.6. The first-order chi connectivity index (χ1) is 6.93. The Hall–Kier alpha value is 3.32. The molecular weight excluding hydrogens is 866 g/mol. The van der Waals surface area contributed by atoms with Crippen LogP contribution in [0.3, 0.4) is 0 Å². The van der Waals surface area contributed by atoms with Gasteiger partial charge in [0.1, 0.15) is 0 Å². The number of rotatable bonds is 0. The molecule has 4 nitrogen and oxygen atoms in total. The molecule has 0 rings (SSSR count). The fraction of sp³-hybridized carbons (Fsp3) is 1.00. The summed E-state index contributed by atoms with van der Waals surface area (Å²) in [6.07, 6.45) is 0. The van der Waals surface area contributed by atoms with E-state index in [1.54, 1.807) is 0 Å². The van der Waals surface area contributed by atoms with Crippen molar-refractivity contribution in [3.63, 3.8) is 0 Å². The molecule has 0 heterocycles. The Balaban J connectivity index is -0.0000000600. The van der Waals surface area contributed by atoms with Crippen LogP contribution in [0.25, 0.3) is 0 Å². The van der Waals surface area contributed by atoms with Crippen molar-refractivity contribution in [1.82, 2.24) is 0 Å². The van der Waals surface area contributed by atoms with Gasteiger partial charge in [-0.2, -0.15) is 0 Å². The van der Waals surface area contributed by atoms with Crippen LogP contribution in [0.15, 0.2) is 0 Å². The van der Waals surface area contributed by atoms with Gasteiger partial charge in [0.05, 0.1) is 0 Å². The average Bonchev–Trinajstić information content (AvgIpc) is 1.76. The van der Waals surface area contributed by atoms with Crippen molar-refractivity contribution in [2.75, 3.05) is 0 Å². The van der Waals surface area contributed by atoms with Gasteiger partial charge < -0.3 is 0 Å². The minimum atomic E-state index is -1.16. The second-order valence-electron chi connectivity index (χ2n) is 4.31. The standard InChI is InChI=1S/8CH3.4Hf.4H2N/h8*1H3;;;;;4*1H2/q;;;;;;;;4*+1;4*-1. The maximum atomic E-state index is 5.32. The molecule has 0 aromatic rings. The second kappa shape index (κ2) is 23.4. The van der Waals surface area contributed by atoms with Crippen molar-refractivity contribution >= 4 is 0 Å². The molecular formula is C8H32Hf4N4. The van der Waals surface area contributed by atoms with E-state index < -0.39 is 86.9 Å². The van der Waals surface area contributed by atoms with Gasteiger partial charge in [-0.1, -0.05) is 0 Å². The molecule has 0 fully saturated rings. The molecule has 0 spiro atoms. The summed E-state index contributed by atoms with van der Waals surface area (Å²) in [6.45, 7) is 0. The maximum absolute atomic E-state index is 5.32. The quantitative estimate of drug-likeness (QED) is 0.281. The summed E-state index contributed by atoms with van der Waals surface area (Å²) in [6, 6.07) is 0. The Morgan fingerprint density at radius 3 is 0.375 bits per heavy atom. The molecule has 0 aromatic carbocycles. The van der Waals surface area contributed by atoms with E-state index in [4.69, 9.17) is 14.9 Å². The molecule has 0 saturated carbocycles. The van der Waals surface area contributed by atoms with E-state index in [1.807, 2.05) is 0 Å². The first-order valence-electron chi connectivity index (χ1n) is 5.15. The van der Waals surface area contributed by atoms with Crippen LogP contribution in [-0.2, 0) is 86.9 Å². The molecule has 0 amide bonds.